The number of alkyl halides is 12. The van der Waals surface area contributed by atoms with Crippen LogP contribution in [0, 0.1) is 7.43 Å². The van der Waals surface area contributed by atoms with Gasteiger partial charge in [-0.1, -0.05) is 69.6 Å². The molecule has 0 saturated carbocycles. The summed E-state index contributed by atoms with van der Waals surface area (Å²) >= 11 is 37.9. The van der Waals surface area contributed by atoms with Gasteiger partial charge in [-0.15, -0.1) is 0 Å². The second kappa shape index (κ2) is 24.6. The number of hydrogen-bond donors (Lipinski definition) is 1. The van der Waals surface area contributed by atoms with Crippen molar-refractivity contribution in [2.75, 3.05) is 31.1 Å². The van der Waals surface area contributed by atoms with Crippen LogP contribution in [0.25, 0.3) is 0 Å². The normalized spacial score (nSPS) is 18.3. The number of nitrogens with one attached hydrogen (secondary N) is 1. The van der Waals surface area contributed by atoms with Gasteiger partial charge in [-0.3, -0.25) is 0 Å². The Morgan fingerprint density at radius 3 is 1.45 bits per heavy atom. The largest absolute Gasteiger partial charge is 0.433 e. The summed E-state index contributed by atoms with van der Waals surface area (Å²) < 4.78 is 161. The third-order valence-electron chi connectivity index (χ3n) is 10.6. The molecular formula is C41H36BrCl6F12N6O2Pd-. The van der Waals surface area contributed by atoms with Crippen molar-refractivity contribution in [1.29, 1.82) is 0 Å². The third kappa shape index (κ3) is 15.4. The maximum absolute atomic E-state index is 14.3. The fourth-order valence-corrected chi connectivity index (χ4v) is 8.50. The van der Waals surface area contributed by atoms with Crippen molar-refractivity contribution in [3.63, 3.8) is 0 Å². The molecule has 8 nitrogen and oxygen atoms in total. The standard InChI is InChI=1S/C20H16Cl3F6N3O.C11H9Cl3F3N.C9H8BrF3N2O.CH3.Pd/c1-10(33)2-3-11-8-30-17(31-16(11)19(24,25)26)32-5-4-18(9-32,20(27,28)29)12-6-13(21)15(23)14(22)7-12;12-7-3-6(4-8(13)9(7)14)10(11(15,16)17)1-2-18-5-10;1-5(16)2-3-6-4-14-8(10)15-7(6)9(11,12)13;;/h6-8H,2-5,9H2,1H3;3-4,18H,1-2,5H2;4H,2-3H2,1H3;1H3;/q;;;-1;. The summed E-state index contributed by atoms with van der Waals surface area (Å²) in [5.74, 6) is -0.982. The fraction of sp³-hybridized carbons (Fsp3) is 0.439. The molecule has 2 saturated heterocycles. The molecule has 4 aromatic rings. The van der Waals surface area contributed by atoms with E-state index in [-0.39, 0.29) is 142 Å². The van der Waals surface area contributed by atoms with Crippen molar-refractivity contribution in [2.45, 2.75) is 87.9 Å². The Morgan fingerprint density at radius 1 is 0.667 bits per heavy atom. The smallest absolute Gasteiger partial charge is 0.358 e. The first kappa shape index (κ1) is 62.9. The van der Waals surface area contributed by atoms with E-state index in [0.717, 1.165) is 29.4 Å². The second-order valence-electron chi connectivity index (χ2n) is 15.2. The third-order valence-corrected chi connectivity index (χ3v) is 13.4. The molecule has 69 heavy (non-hydrogen) atoms. The Hall–Kier alpha value is -2.26. The number of anilines is 1. The van der Waals surface area contributed by atoms with E-state index in [1.165, 1.54) is 26.0 Å². The van der Waals surface area contributed by atoms with Gasteiger partial charge >= 0.3 is 24.7 Å². The molecule has 2 aliphatic rings. The van der Waals surface area contributed by atoms with E-state index in [9.17, 15) is 62.3 Å². The van der Waals surface area contributed by atoms with E-state index in [2.05, 4.69) is 41.2 Å². The SMILES string of the molecule is CC(=O)CCc1cnc(Br)nc1C(F)(F)F.CC(=O)CCc1cnc(N2CCC(c3cc(Cl)c(Cl)c(Cl)c3)(C(F)(F)F)C2)nc1C(F)(F)F.FC(F)(F)C1(c2cc(Cl)c(Cl)c(Cl)c2)CCNC1.[CH3-].[Pd]. The first-order valence-electron chi connectivity index (χ1n) is 19.1. The molecule has 0 radical (unpaired) electrons. The van der Waals surface area contributed by atoms with Crippen LogP contribution in [-0.2, 0) is 66.0 Å². The van der Waals surface area contributed by atoms with Gasteiger partial charge in [0.25, 0.3) is 0 Å². The summed E-state index contributed by atoms with van der Waals surface area (Å²) in [7, 11) is 0. The number of Topliss-reactive ketones (excluding diaryl/α,β-unsaturated/α-hetero) is 2. The van der Waals surface area contributed by atoms with E-state index in [1.807, 2.05) is 0 Å². The second-order valence-corrected chi connectivity index (χ2v) is 18.3. The number of aryl methyl sites for hydroxylation is 2. The Labute approximate surface area is 439 Å². The van der Waals surface area contributed by atoms with Crippen LogP contribution in [0.1, 0.15) is 73.2 Å². The zero-order valence-electron chi connectivity index (χ0n) is 35.6. The molecule has 386 valence electrons. The van der Waals surface area contributed by atoms with Crippen LogP contribution in [0.15, 0.2) is 41.4 Å². The Balaban J connectivity index is 0.000000384. The number of halogens is 19. The van der Waals surface area contributed by atoms with Crippen molar-refractivity contribution in [1.82, 2.24) is 25.3 Å². The van der Waals surface area contributed by atoms with Crippen LogP contribution >= 0.6 is 85.5 Å². The predicted molar refractivity (Wildman–Crippen MR) is 239 cm³/mol. The molecule has 2 aromatic carbocycles. The van der Waals surface area contributed by atoms with Gasteiger partial charge in [0.05, 0.1) is 30.1 Å². The van der Waals surface area contributed by atoms with E-state index in [1.54, 1.807) is 0 Å². The van der Waals surface area contributed by atoms with Crippen LogP contribution in [0.5, 0.6) is 0 Å². The van der Waals surface area contributed by atoms with Crippen LogP contribution in [0.2, 0.25) is 30.1 Å². The molecule has 0 aliphatic carbocycles. The zero-order valence-corrected chi connectivity index (χ0v) is 43.3. The summed E-state index contributed by atoms with van der Waals surface area (Å²) in [6.45, 7) is 1.68. The first-order valence-corrected chi connectivity index (χ1v) is 22.2. The molecule has 0 spiro atoms. The number of rotatable bonds is 9. The molecule has 2 aromatic heterocycles. The molecule has 1 N–H and O–H groups in total. The summed E-state index contributed by atoms with van der Waals surface area (Å²) in [5, 5.41) is 2.43. The van der Waals surface area contributed by atoms with Crippen molar-refractivity contribution in [2.24, 2.45) is 0 Å². The molecular weight excluding hydrogens is 1240 g/mol. The van der Waals surface area contributed by atoms with Crippen LogP contribution < -0.4 is 10.2 Å². The van der Waals surface area contributed by atoms with Crippen molar-refractivity contribution in [3.05, 3.63) is 113 Å². The van der Waals surface area contributed by atoms with Crippen molar-refractivity contribution in [3.8, 4) is 0 Å². The molecule has 2 atom stereocenters. The number of nitrogens with zero attached hydrogens (tertiary/aromatic N) is 5. The predicted octanol–water partition coefficient (Wildman–Crippen LogP) is 14.4. The number of carbonyl (C=O) groups is 2. The van der Waals surface area contributed by atoms with Crippen LogP contribution in [0.3, 0.4) is 0 Å². The van der Waals surface area contributed by atoms with Crippen LogP contribution in [-0.4, -0.2) is 70.0 Å². The van der Waals surface area contributed by atoms with Crippen molar-refractivity contribution < 1.29 is 82.7 Å². The number of ketones is 2. The maximum Gasteiger partial charge on any atom is 0.433 e. The minimum Gasteiger partial charge on any atom is -0.358 e. The molecule has 0 bridgehead atoms. The first-order chi connectivity index (χ1) is 30.7. The van der Waals surface area contributed by atoms with E-state index in [4.69, 9.17) is 69.6 Å². The Morgan fingerprint density at radius 2 is 1.07 bits per heavy atom. The summed E-state index contributed by atoms with van der Waals surface area (Å²) in [6, 6.07) is 4.60. The van der Waals surface area contributed by atoms with Gasteiger partial charge in [-0.25, -0.2) is 19.9 Å². The number of aromatic nitrogens is 4. The summed E-state index contributed by atoms with van der Waals surface area (Å²) in [6.07, 6.45) is -17.4. The zero-order chi connectivity index (χ0) is 50.7. The minimum atomic E-state index is -4.87. The van der Waals surface area contributed by atoms with Crippen LogP contribution in [0.4, 0.5) is 58.6 Å². The van der Waals surface area contributed by atoms with Crippen molar-refractivity contribution >= 4 is 103 Å². The van der Waals surface area contributed by atoms with Gasteiger partial charge in [0.15, 0.2) is 16.1 Å². The average Bonchev–Trinajstić information content (AvgIpc) is 3.91. The molecule has 6 rings (SSSR count). The van der Waals surface area contributed by atoms with Gasteiger partial charge in [0, 0.05) is 76.4 Å². The molecule has 4 heterocycles. The summed E-state index contributed by atoms with van der Waals surface area (Å²) in [4.78, 5) is 37.2. The van der Waals surface area contributed by atoms with Gasteiger partial charge < -0.3 is 27.2 Å². The molecule has 0 amide bonds. The minimum absolute atomic E-state index is 0. The molecule has 2 aliphatic heterocycles. The van der Waals surface area contributed by atoms with Gasteiger partial charge in [0.2, 0.25) is 5.95 Å². The Bertz CT molecular complexity index is 2420. The fourth-order valence-electron chi connectivity index (χ4n) is 7.03. The monoisotopic (exact) mass is 1270 g/mol. The summed E-state index contributed by atoms with van der Waals surface area (Å²) in [5.41, 5.74) is -7.26. The van der Waals surface area contributed by atoms with E-state index < -0.39 is 65.8 Å². The van der Waals surface area contributed by atoms with E-state index >= 15 is 0 Å². The van der Waals surface area contributed by atoms with Gasteiger partial charge in [0.1, 0.15) is 22.4 Å². The molecule has 2 fully saturated rings. The van der Waals surface area contributed by atoms with Gasteiger partial charge in [-0.2, -0.15) is 52.7 Å². The number of benzene rings is 2. The quantitative estimate of drug-likeness (QED) is 0.0582. The topological polar surface area (TPSA) is 101 Å². The molecule has 2 unspecified atom stereocenters. The average molecular weight is 1270 g/mol. The maximum atomic E-state index is 14.3. The van der Waals surface area contributed by atoms with Gasteiger partial charge in [-0.05, 0) is 97.4 Å². The number of hydrogen-bond acceptors (Lipinski definition) is 8. The number of carbonyl (C=O) groups excluding carboxylic acids is 2. The van der Waals surface area contributed by atoms with E-state index in [0.29, 0.717) is 6.54 Å². The molecule has 28 heteroatoms. The Kier molecular flexibility index (Phi) is 22.5.